The van der Waals surface area contributed by atoms with Gasteiger partial charge >= 0.3 is 6.09 Å². The van der Waals surface area contributed by atoms with Crippen LogP contribution in [0, 0.1) is 0 Å². The molecule has 0 N–H and O–H groups in total. The molecule has 0 atom stereocenters. The molecular formula is C35H41ClN6O4. The van der Waals surface area contributed by atoms with E-state index in [0.717, 1.165) is 49.9 Å². The SMILES string of the molecule is CC(C)(C)OC(=O)N1CCN(CCOc2ccc(-c3nc4c(OC5(C)CC5)ncnc4n3Cc3ccccc3)c(Cl)c2)C2(CC2)C1. The van der Waals surface area contributed by atoms with Crippen LogP contribution in [0.25, 0.3) is 22.6 Å². The van der Waals surface area contributed by atoms with Crippen molar-refractivity contribution in [3.63, 3.8) is 0 Å². The van der Waals surface area contributed by atoms with Crippen molar-refractivity contribution >= 4 is 28.9 Å². The summed E-state index contributed by atoms with van der Waals surface area (Å²) in [4.78, 5) is 31.1. The number of rotatable bonds is 9. The molecule has 242 valence electrons. The summed E-state index contributed by atoms with van der Waals surface area (Å²) in [5.74, 6) is 1.89. The van der Waals surface area contributed by atoms with Gasteiger partial charge in [-0.3, -0.25) is 4.90 Å². The number of nitrogens with zero attached hydrogens (tertiary/aromatic N) is 6. The van der Waals surface area contributed by atoms with Gasteiger partial charge in [0, 0.05) is 37.3 Å². The average molecular weight is 645 g/mol. The van der Waals surface area contributed by atoms with E-state index >= 15 is 0 Å². The van der Waals surface area contributed by atoms with Crippen molar-refractivity contribution in [3.8, 4) is 23.0 Å². The monoisotopic (exact) mass is 644 g/mol. The summed E-state index contributed by atoms with van der Waals surface area (Å²) < 4.78 is 20.2. The van der Waals surface area contributed by atoms with Gasteiger partial charge in [-0.1, -0.05) is 41.9 Å². The molecule has 46 heavy (non-hydrogen) atoms. The minimum Gasteiger partial charge on any atom is -0.492 e. The number of fused-ring (bicyclic) bond motifs is 1. The molecule has 7 rings (SSSR count). The van der Waals surface area contributed by atoms with Crippen LogP contribution in [0.3, 0.4) is 0 Å². The number of aromatic nitrogens is 4. The molecule has 2 aliphatic carbocycles. The second kappa shape index (κ2) is 11.7. The molecule has 1 aliphatic heterocycles. The number of hydrogen-bond acceptors (Lipinski definition) is 8. The summed E-state index contributed by atoms with van der Waals surface area (Å²) in [6, 6.07) is 16.0. The van der Waals surface area contributed by atoms with Crippen molar-refractivity contribution in [1.29, 1.82) is 0 Å². The third-order valence-electron chi connectivity index (χ3n) is 9.07. The molecule has 10 nitrogen and oxygen atoms in total. The maximum atomic E-state index is 12.7. The third-order valence-corrected chi connectivity index (χ3v) is 9.38. The Kier molecular flexibility index (Phi) is 7.84. The predicted octanol–water partition coefficient (Wildman–Crippen LogP) is 6.59. The van der Waals surface area contributed by atoms with E-state index in [1.807, 2.05) is 62.1 Å². The lowest BCUT2D eigenvalue weighted by molar-refractivity contribution is -0.00272. The average Bonchev–Trinajstić information content (AvgIpc) is 3.92. The van der Waals surface area contributed by atoms with Crippen LogP contribution < -0.4 is 9.47 Å². The molecule has 0 unspecified atom stereocenters. The highest BCUT2D eigenvalue weighted by Gasteiger charge is 2.52. The van der Waals surface area contributed by atoms with E-state index in [-0.39, 0.29) is 17.2 Å². The van der Waals surface area contributed by atoms with E-state index in [1.165, 1.54) is 6.33 Å². The second-order valence-corrected chi connectivity index (χ2v) is 14.4. The predicted molar refractivity (Wildman–Crippen MR) is 176 cm³/mol. The largest absolute Gasteiger partial charge is 0.492 e. The Bertz CT molecular complexity index is 1750. The van der Waals surface area contributed by atoms with Crippen LogP contribution in [0.2, 0.25) is 5.02 Å². The van der Waals surface area contributed by atoms with Gasteiger partial charge in [-0.15, -0.1) is 0 Å². The topological polar surface area (TPSA) is 94.8 Å². The third kappa shape index (κ3) is 6.51. The minimum atomic E-state index is -0.496. The molecule has 1 amide bonds. The van der Waals surface area contributed by atoms with E-state index in [1.54, 1.807) is 0 Å². The highest BCUT2D eigenvalue weighted by Crippen LogP contribution is 2.44. The lowest BCUT2D eigenvalue weighted by Crippen LogP contribution is -2.57. The normalized spacial score (nSPS) is 18.5. The molecule has 1 saturated heterocycles. The van der Waals surface area contributed by atoms with Crippen molar-refractivity contribution in [2.45, 2.75) is 76.7 Å². The molecule has 4 aromatic rings. The highest BCUT2D eigenvalue weighted by atomic mass is 35.5. The smallest absolute Gasteiger partial charge is 0.410 e. The Balaban J connectivity index is 1.07. The van der Waals surface area contributed by atoms with E-state index < -0.39 is 5.60 Å². The molecule has 11 heteroatoms. The van der Waals surface area contributed by atoms with Crippen LogP contribution in [0.15, 0.2) is 54.9 Å². The second-order valence-electron chi connectivity index (χ2n) is 14.0. The fourth-order valence-electron chi connectivity index (χ4n) is 6.13. The van der Waals surface area contributed by atoms with Crippen LogP contribution in [-0.4, -0.2) is 84.9 Å². The molecule has 3 heterocycles. The van der Waals surface area contributed by atoms with Gasteiger partial charge in [0.05, 0.1) is 11.6 Å². The molecule has 3 aliphatic rings. The first-order valence-electron chi connectivity index (χ1n) is 16.1. The van der Waals surface area contributed by atoms with Crippen molar-refractivity contribution in [2.75, 3.05) is 32.8 Å². The van der Waals surface area contributed by atoms with E-state index in [9.17, 15) is 4.79 Å². The fraction of sp³-hybridized carbons (Fsp3) is 0.486. The first-order valence-corrected chi connectivity index (χ1v) is 16.5. The van der Waals surface area contributed by atoms with Crippen LogP contribution in [-0.2, 0) is 11.3 Å². The Labute approximate surface area is 274 Å². The van der Waals surface area contributed by atoms with Crippen molar-refractivity contribution < 1.29 is 19.0 Å². The quantitative estimate of drug-likeness (QED) is 0.201. The van der Waals surface area contributed by atoms with Crippen molar-refractivity contribution in [1.82, 2.24) is 29.3 Å². The Hall–Kier alpha value is -3.89. The zero-order valence-corrected chi connectivity index (χ0v) is 27.7. The van der Waals surface area contributed by atoms with E-state index in [2.05, 4.69) is 38.5 Å². The summed E-state index contributed by atoms with van der Waals surface area (Å²) in [6.45, 7) is 11.8. The fourth-order valence-corrected chi connectivity index (χ4v) is 6.38. The number of ether oxygens (including phenoxy) is 3. The molecule has 2 aromatic heterocycles. The number of benzene rings is 2. The summed E-state index contributed by atoms with van der Waals surface area (Å²) in [6.07, 6.45) is 5.45. The summed E-state index contributed by atoms with van der Waals surface area (Å²) in [7, 11) is 0. The van der Waals surface area contributed by atoms with Gasteiger partial charge in [0.25, 0.3) is 0 Å². The molecular weight excluding hydrogens is 604 g/mol. The van der Waals surface area contributed by atoms with E-state index in [4.69, 9.17) is 30.8 Å². The number of carbonyl (C=O) groups excluding carboxylic acids is 1. The van der Waals surface area contributed by atoms with E-state index in [0.29, 0.717) is 59.9 Å². The lowest BCUT2D eigenvalue weighted by Gasteiger charge is -2.42. The Morgan fingerprint density at radius 3 is 2.50 bits per heavy atom. The number of piperazine rings is 1. The lowest BCUT2D eigenvalue weighted by atomic mass is 10.1. The first kappa shape index (κ1) is 30.7. The van der Waals surface area contributed by atoms with Gasteiger partial charge in [0.2, 0.25) is 5.88 Å². The van der Waals surface area contributed by atoms with Gasteiger partial charge in [-0.25, -0.2) is 14.8 Å². The zero-order chi connectivity index (χ0) is 32.1. The van der Waals surface area contributed by atoms with Crippen LogP contribution in [0.5, 0.6) is 11.6 Å². The minimum absolute atomic E-state index is 0.0280. The molecule has 0 radical (unpaired) electrons. The maximum absolute atomic E-state index is 12.7. The summed E-state index contributed by atoms with van der Waals surface area (Å²) >= 11 is 6.94. The first-order chi connectivity index (χ1) is 22.0. The standard InChI is InChI=1S/C35H41ClN6O4/c1-33(2,3)46-32(43)40-16-17-41(35(22-40)14-15-35)18-19-44-25-10-11-26(27(36)20-25)29-39-28-30(42(29)21-24-8-6-5-7-9-24)37-23-38-31(28)45-34(4)12-13-34/h5-11,20,23H,12-19,21-22H2,1-4H3. The van der Waals surface area contributed by atoms with Gasteiger partial charge in [0.15, 0.2) is 11.2 Å². The van der Waals surface area contributed by atoms with Gasteiger partial charge in [-0.05, 0) is 77.1 Å². The zero-order valence-electron chi connectivity index (χ0n) is 27.0. The van der Waals surface area contributed by atoms with Crippen LogP contribution in [0.1, 0.15) is 58.9 Å². The van der Waals surface area contributed by atoms with Crippen molar-refractivity contribution in [3.05, 3.63) is 65.4 Å². The molecule has 1 spiro atoms. The Morgan fingerprint density at radius 2 is 1.80 bits per heavy atom. The molecule has 2 aromatic carbocycles. The number of halogens is 1. The maximum Gasteiger partial charge on any atom is 0.410 e. The molecule has 0 bridgehead atoms. The number of hydrogen-bond donors (Lipinski definition) is 0. The highest BCUT2D eigenvalue weighted by molar-refractivity contribution is 6.33. The van der Waals surface area contributed by atoms with Gasteiger partial charge in [0.1, 0.15) is 35.7 Å². The number of carbonyl (C=O) groups is 1. The number of imidazole rings is 1. The number of amides is 1. The van der Waals surface area contributed by atoms with Crippen LogP contribution in [0.4, 0.5) is 4.79 Å². The summed E-state index contributed by atoms with van der Waals surface area (Å²) in [5, 5.41) is 0.538. The van der Waals surface area contributed by atoms with Gasteiger partial charge < -0.3 is 23.7 Å². The Morgan fingerprint density at radius 1 is 1.02 bits per heavy atom. The van der Waals surface area contributed by atoms with Crippen LogP contribution >= 0.6 is 11.6 Å². The molecule has 3 fully saturated rings. The van der Waals surface area contributed by atoms with Gasteiger partial charge in [-0.2, -0.15) is 4.98 Å². The molecule has 2 saturated carbocycles. The summed E-state index contributed by atoms with van der Waals surface area (Å²) in [5.41, 5.74) is 2.55. The van der Waals surface area contributed by atoms with Crippen molar-refractivity contribution in [2.24, 2.45) is 0 Å².